The van der Waals surface area contributed by atoms with E-state index < -0.39 is 45.9 Å². The summed E-state index contributed by atoms with van der Waals surface area (Å²) in [7, 11) is -2.51. The average Bonchev–Trinajstić information content (AvgIpc) is 2.94. The molecule has 0 saturated heterocycles. The molecule has 0 bridgehead atoms. The molecule has 0 unspecified atom stereocenters. The summed E-state index contributed by atoms with van der Waals surface area (Å²) >= 11 is 0. The third kappa shape index (κ3) is 5.32. The van der Waals surface area contributed by atoms with Crippen LogP contribution in [0.25, 0.3) is 0 Å². The van der Waals surface area contributed by atoms with Crippen molar-refractivity contribution in [1.82, 2.24) is 9.62 Å². The molecule has 0 fully saturated rings. The molecule has 0 aliphatic carbocycles. The molecule has 0 radical (unpaired) electrons. The van der Waals surface area contributed by atoms with Crippen molar-refractivity contribution in [1.29, 1.82) is 0 Å². The van der Waals surface area contributed by atoms with Gasteiger partial charge in [-0.3, -0.25) is 19.3 Å². The SMILES string of the molecule is Cc1ccc(S(=O)(=O)NC(C)(C)C)cc1C(=O)OCC(=O)Nc1ccc2c(c1)C(=O)N(C)C2=O. The number of amides is 3. The number of hydrogen-bond donors (Lipinski definition) is 2. The van der Waals surface area contributed by atoms with E-state index in [-0.39, 0.29) is 27.3 Å². The van der Waals surface area contributed by atoms with Gasteiger partial charge in [-0.2, -0.15) is 0 Å². The van der Waals surface area contributed by atoms with Crippen LogP contribution in [0.5, 0.6) is 0 Å². The third-order valence-electron chi connectivity index (χ3n) is 4.89. The molecule has 2 aromatic rings. The molecule has 3 rings (SSSR count). The zero-order valence-corrected chi connectivity index (χ0v) is 20.2. The van der Waals surface area contributed by atoms with Crippen molar-refractivity contribution < 1.29 is 32.3 Å². The van der Waals surface area contributed by atoms with Crippen LogP contribution < -0.4 is 10.0 Å². The highest BCUT2D eigenvalue weighted by atomic mass is 32.2. The Bertz CT molecular complexity index is 1310. The van der Waals surface area contributed by atoms with Crippen molar-refractivity contribution in [2.45, 2.75) is 38.1 Å². The largest absolute Gasteiger partial charge is 0.452 e. The standard InChI is InChI=1S/C23H25N3O7S/c1-13-6-8-15(34(31,32)25-23(2,3)4)11-17(13)22(30)33-12-19(27)24-14-7-9-16-18(10-14)21(29)26(5)20(16)28/h6-11,25H,12H2,1-5H3,(H,24,27). The molecule has 2 N–H and O–H groups in total. The lowest BCUT2D eigenvalue weighted by molar-refractivity contribution is -0.119. The minimum atomic E-state index is -3.87. The molecule has 10 nitrogen and oxygen atoms in total. The number of ether oxygens (including phenoxy) is 1. The summed E-state index contributed by atoms with van der Waals surface area (Å²) in [6.07, 6.45) is 0. The van der Waals surface area contributed by atoms with E-state index in [0.29, 0.717) is 5.56 Å². The van der Waals surface area contributed by atoms with Gasteiger partial charge in [-0.15, -0.1) is 0 Å². The molecule has 0 aromatic heterocycles. The van der Waals surface area contributed by atoms with E-state index in [1.54, 1.807) is 27.7 Å². The first-order valence-corrected chi connectivity index (χ1v) is 11.8. The van der Waals surface area contributed by atoms with Gasteiger partial charge in [0.2, 0.25) is 10.0 Å². The fraction of sp³-hybridized carbons (Fsp3) is 0.304. The molecule has 2 aromatic carbocycles. The lowest BCUT2D eigenvalue weighted by Crippen LogP contribution is -2.40. The Kier molecular flexibility index (Phi) is 6.63. The second kappa shape index (κ2) is 8.99. The first kappa shape index (κ1) is 25.1. The summed E-state index contributed by atoms with van der Waals surface area (Å²) in [5, 5.41) is 2.50. The first-order valence-electron chi connectivity index (χ1n) is 10.3. The maximum Gasteiger partial charge on any atom is 0.338 e. The number of sulfonamides is 1. The minimum Gasteiger partial charge on any atom is -0.452 e. The van der Waals surface area contributed by atoms with Crippen molar-refractivity contribution in [3.63, 3.8) is 0 Å². The fourth-order valence-corrected chi connectivity index (χ4v) is 4.74. The summed E-state index contributed by atoms with van der Waals surface area (Å²) in [6, 6.07) is 8.33. The number of benzene rings is 2. The van der Waals surface area contributed by atoms with E-state index in [2.05, 4.69) is 10.0 Å². The number of rotatable bonds is 6. The number of hydrogen-bond acceptors (Lipinski definition) is 7. The lowest BCUT2D eigenvalue weighted by atomic mass is 10.1. The van der Waals surface area contributed by atoms with Crippen LogP contribution in [0, 0.1) is 6.92 Å². The molecule has 180 valence electrons. The Morgan fingerprint density at radius 1 is 1.00 bits per heavy atom. The maximum absolute atomic E-state index is 12.6. The van der Waals surface area contributed by atoms with Crippen LogP contribution in [-0.4, -0.2) is 56.2 Å². The van der Waals surface area contributed by atoms with Gasteiger partial charge in [-0.1, -0.05) is 6.07 Å². The van der Waals surface area contributed by atoms with Gasteiger partial charge in [0.1, 0.15) is 0 Å². The van der Waals surface area contributed by atoms with Crippen molar-refractivity contribution in [2.24, 2.45) is 0 Å². The molecule has 11 heteroatoms. The average molecular weight is 488 g/mol. The number of nitrogens with one attached hydrogen (secondary N) is 2. The number of aryl methyl sites for hydroxylation is 1. The monoisotopic (exact) mass is 487 g/mol. The third-order valence-corrected chi connectivity index (χ3v) is 6.64. The van der Waals surface area contributed by atoms with Crippen LogP contribution in [0.4, 0.5) is 5.69 Å². The molecular weight excluding hydrogens is 462 g/mol. The Morgan fingerprint density at radius 2 is 1.65 bits per heavy atom. The predicted octanol–water partition coefficient (Wildman–Crippen LogP) is 2.09. The Balaban J connectivity index is 1.68. The molecular formula is C23H25N3O7S. The number of carbonyl (C=O) groups is 4. The number of nitrogens with zero attached hydrogens (tertiary/aromatic N) is 1. The van der Waals surface area contributed by atoms with E-state index in [9.17, 15) is 27.6 Å². The molecule has 0 spiro atoms. The van der Waals surface area contributed by atoms with Crippen LogP contribution in [-0.2, 0) is 19.6 Å². The van der Waals surface area contributed by atoms with E-state index in [4.69, 9.17) is 4.74 Å². The number of carbonyl (C=O) groups excluding carboxylic acids is 4. The van der Waals surface area contributed by atoms with Gasteiger partial charge in [0.15, 0.2) is 6.61 Å². The van der Waals surface area contributed by atoms with Crippen molar-refractivity contribution in [3.8, 4) is 0 Å². The van der Waals surface area contributed by atoms with Gasteiger partial charge in [0, 0.05) is 18.3 Å². The molecule has 1 aliphatic heterocycles. The molecule has 0 atom stereocenters. The zero-order chi connectivity index (χ0) is 25.4. The van der Waals surface area contributed by atoms with Gasteiger partial charge in [-0.05, 0) is 63.6 Å². The number of esters is 1. The molecule has 34 heavy (non-hydrogen) atoms. The molecule has 3 amide bonds. The quantitative estimate of drug-likeness (QED) is 0.470. The highest BCUT2D eigenvalue weighted by Gasteiger charge is 2.32. The van der Waals surface area contributed by atoms with Crippen LogP contribution in [0.2, 0.25) is 0 Å². The fourth-order valence-electron chi connectivity index (χ4n) is 3.30. The van der Waals surface area contributed by atoms with Crippen LogP contribution in [0.1, 0.15) is 57.4 Å². The van der Waals surface area contributed by atoms with Gasteiger partial charge in [-0.25, -0.2) is 17.9 Å². The van der Waals surface area contributed by atoms with Crippen LogP contribution in [0.3, 0.4) is 0 Å². The zero-order valence-electron chi connectivity index (χ0n) is 19.4. The van der Waals surface area contributed by atoms with Crippen LogP contribution in [0.15, 0.2) is 41.3 Å². The summed E-state index contributed by atoms with van der Waals surface area (Å²) in [5.74, 6) is -2.44. The number of fused-ring (bicyclic) bond motifs is 1. The summed E-state index contributed by atoms with van der Waals surface area (Å²) in [5.41, 5.74) is 0.435. The predicted molar refractivity (Wildman–Crippen MR) is 123 cm³/mol. The van der Waals surface area contributed by atoms with E-state index >= 15 is 0 Å². The Hall–Kier alpha value is -3.57. The second-order valence-electron chi connectivity index (χ2n) is 8.89. The molecule has 0 saturated carbocycles. The summed E-state index contributed by atoms with van der Waals surface area (Å²) in [4.78, 5) is 49.7. The highest BCUT2D eigenvalue weighted by Crippen LogP contribution is 2.25. The van der Waals surface area contributed by atoms with E-state index in [1.165, 1.54) is 43.4 Å². The molecule has 1 aliphatic rings. The van der Waals surface area contributed by atoms with Gasteiger partial charge in [0.25, 0.3) is 17.7 Å². The van der Waals surface area contributed by atoms with Gasteiger partial charge in [0.05, 0.1) is 21.6 Å². The van der Waals surface area contributed by atoms with E-state index in [0.717, 1.165) is 4.90 Å². The number of imide groups is 1. The van der Waals surface area contributed by atoms with E-state index in [1.807, 2.05) is 0 Å². The maximum atomic E-state index is 12.6. The number of anilines is 1. The summed E-state index contributed by atoms with van der Waals surface area (Å²) in [6.45, 7) is 6.06. The van der Waals surface area contributed by atoms with Gasteiger partial charge < -0.3 is 10.1 Å². The van der Waals surface area contributed by atoms with Gasteiger partial charge >= 0.3 is 5.97 Å². The van der Waals surface area contributed by atoms with Crippen molar-refractivity contribution >= 4 is 39.4 Å². The topological polar surface area (TPSA) is 139 Å². The first-order chi connectivity index (χ1) is 15.7. The molecule has 1 heterocycles. The summed E-state index contributed by atoms with van der Waals surface area (Å²) < 4.78 is 32.7. The second-order valence-corrected chi connectivity index (χ2v) is 10.6. The normalized spacial score (nSPS) is 13.6. The minimum absolute atomic E-state index is 0.00858. The van der Waals surface area contributed by atoms with Crippen LogP contribution >= 0.6 is 0 Å². The van der Waals surface area contributed by atoms with Crippen molar-refractivity contribution in [2.75, 3.05) is 19.0 Å². The highest BCUT2D eigenvalue weighted by molar-refractivity contribution is 7.89. The Labute approximate surface area is 197 Å². The Morgan fingerprint density at radius 3 is 2.29 bits per heavy atom. The lowest BCUT2D eigenvalue weighted by Gasteiger charge is -2.20. The van der Waals surface area contributed by atoms with Crippen molar-refractivity contribution in [3.05, 3.63) is 58.7 Å². The smallest absolute Gasteiger partial charge is 0.338 e.